The van der Waals surface area contributed by atoms with Crippen molar-refractivity contribution in [3.8, 4) is 0 Å². The van der Waals surface area contributed by atoms with E-state index in [2.05, 4.69) is 5.32 Å². The van der Waals surface area contributed by atoms with E-state index >= 15 is 0 Å². The zero-order valence-electron chi connectivity index (χ0n) is 22.1. The zero-order valence-corrected chi connectivity index (χ0v) is 23.7. The molecule has 0 radical (unpaired) electrons. The molecule has 1 atom stereocenters. The molecule has 4 rings (SSSR count). The number of hydrogen-bond acceptors (Lipinski definition) is 6. The van der Waals surface area contributed by atoms with Crippen molar-refractivity contribution in [1.29, 1.82) is 0 Å². The molecule has 2 aliphatic heterocycles. The Balaban J connectivity index is 1.56. The Morgan fingerprint density at radius 3 is 2.11 bits per heavy atom. The van der Waals surface area contributed by atoms with Gasteiger partial charge in [0.2, 0.25) is 26.0 Å². The lowest BCUT2D eigenvalue weighted by Gasteiger charge is -2.25. The van der Waals surface area contributed by atoms with Gasteiger partial charge in [-0.25, -0.2) is 16.8 Å². The Labute approximate surface area is 226 Å². The Hall–Kier alpha value is -2.31. The maximum absolute atomic E-state index is 13.7. The van der Waals surface area contributed by atoms with Gasteiger partial charge >= 0.3 is 0 Å². The highest BCUT2D eigenvalue weighted by Gasteiger charge is 2.32. The van der Waals surface area contributed by atoms with Gasteiger partial charge in [-0.2, -0.15) is 8.61 Å². The number of carbonyl (C=O) groups is 1. The quantitative estimate of drug-likeness (QED) is 0.498. The van der Waals surface area contributed by atoms with Gasteiger partial charge in [0.05, 0.1) is 22.4 Å². The second-order valence-electron chi connectivity index (χ2n) is 10.0. The van der Waals surface area contributed by atoms with Crippen LogP contribution in [0.3, 0.4) is 0 Å². The van der Waals surface area contributed by atoms with Crippen molar-refractivity contribution in [2.75, 3.05) is 38.1 Å². The molecule has 2 aliphatic rings. The maximum Gasteiger partial charge on any atom is 0.243 e. The lowest BCUT2D eigenvalue weighted by atomic mass is 10.1. The molecule has 38 heavy (non-hydrogen) atoms. The van der Waals surface area contributed by atoms with Gasteiger partial charge in [0, 0.05) is 31.9 Å². The molecular formula is C27H37N3O6S2. The molecule has 2 heterocycles. The minimum atomic E-state index is -4.11. The molecule has 2 saturated heterocycles. The summed E-state index contributed by atoms with van der Waals surface area (Å²) in [5, 5.41) is 2.86. The number of hydrogen-bond donors (Lipinski definition) is 1. The Kier molecular flexibility index (Phi) is 9.25. The van der Waals surface area contributed by atoms with Crippen molar-refractivity contribution in [3.05, 3.63) is 53.6 Å². The van der Waals surface area contributed by atoms with Gasteiger partial charge in [0.1, 0.15) is 0 Å². The highest BCUT2D eigenvalue weighted by atomic mass is 32.2. The van der Waals surface area contributed by atoms with Gasteiger partial charge in [-0.15, -0.1) is 0 Å². The molecule has 1 amide bonds. The molecule has 2 aromatic carbocycles. The van der Waals surface area contributed by atoms with Crippen molar-refractivity contribution < 1.29 is 26.4 Å². The van der Waals surface area contributed by atoms with Crippen LogP contribution in [0, 0.1) is 13.8 Å². The van der Waals surface area contributed by atoms with Crippen LogP contribution in [0.25, 0.3) is 0 Å². The van der Waals surface area contributed by atoms with E-state index in [1.54, 1.807) is 0 Å². The molecular weight excluding hydrogens is 526 g/mol. The number of nitrogens with one attached hydrogen (secondary N) is 1. The van der Waals surface area contributed by atoms with Crippen LogP contribution >= 0.6 is 0 Å². The molecule has 1 N–H and O–H groups in total. The van der Waals surface area contributed by atoms with Crippen LogP contribution < -0.4 is 5.32 Å². The number of anilines is 1. The van der Waals surface area contributed by atoms with Crippen LogP contribution in [0.2, 0.25) is 0 Å². The summed E-state index contributed by atoms with van der Waals surface area (Å²) >= 11 is 0. The third-order valence-corrected chi connectivity index (χ3v) is 10.9. The Morgan fingerprint density at radius 1 is 0.921 bits per heavy atom. The van der Waals surface area contributed by atoms with E-state index in [1.807, 2.05) is 32.0 Å². The molecule has 0 bridgehead atoms. The van der Waals surface area contributed by atoms with E-state index < -0.39 is 26.0 Å². The summed E-state index contributed by atoms with van der Waals surface area (Å²) in [6, 6.07) is 11.0. The average molecular weight is 564 g/mol. The summed E-state index contributed by atoms with van der Waals surface area (Å²) in [5.74, 6) is -0.454. The van der Waals surface area contributed by atoms with Gasteiger partial charge in [0.15, 0.2) is 0 Å². The highest BCUT2D eigenvalue weighted by molar-refractivity contribution is 7.89. The number of nitrogens with zero attached hydrogens (tertiary/aromatic N) is 2. The van der Waals surface area contributed by atoms with Crippen LogP contribution in [-0.2, 0) is 29.6 Å². The average Bonchev–Trinajstić information content (AvgIpc) is 3.24. The second kappa shape index (κ2) is 12.3. The first kappa shape index (κ1) is 28.7. The van der Waals surface area contributed by atoms with Crippen LogP contribution in [-0.4, -0.2) is 70.2 Å². The zero-order chi connectivity index (χ0) is 27.3. The summed E-state index contributed by atoms with van der Waals surface area (Å²) in [6.45, 7) is 4.89. The van der Waals surface area contributed by atoms with Gasteiger partial charge in [0.25, 0.3) is 0 Å². The van der Waals surface area contributed by atoms with Crippen molar-refractivity contribution >= 4 is 31.6 Å². The Morgan fingerprint density at radius 2 is 1.53 bits per heavy atom. The van der Waals surface area contributed by atoms with Gasteiger partial charge < -0.3 is 10.1 Å². The Bertz CT molecular complexity index is 1310. The first-order valence-electron chi connectivity index (χ1n) is 13.2. The van der Waals surface area contributed by atoms with E-state index in [4.69, 9.17) is 4.74 Å². The molecule has 2 fully saturated rings. The van der Waals surface area contributed by atoms with Crippen molar-refractivity contribution in [2.45, 2.75) is 68.3 Å². The van der Waals surface area contributed by atoms with Crippen molar-refractivity contribution in [1.82, 2.24) is 8.61 Å². The predicted molar refractivity (Wildman–Crippen MR) is 146 cm³/mol. The summed E-state index contributed by atoms with van der Waals surface area (Å²) in [6.07, 6.45) is 4.86. The van der Waals surface area contributed by atoms with Gasteiger partial charge in [-0.3, -0.25) is 4.79 Å². The van der Waals surface area contributed by atoms with E-state index in [-0.39, 0.29) is 29.0 Å². The standard InChI is InChI=1S/C27H37N3O6S2/c1-21-9-7-10-22(2)27(21)28-26(31)20-30(19-23-11-8-18-36-23)38(34,35)25-14-12-24(13-15-25)37(32,33)29-16-5-3-4-6-17-29/h7,9-10,12-15,23H,3-6,8,11,16-20H2,1-2H3,(H,28,31)/t23-/m0/s1. The van der Waals surface area contributed by atoms with Crippen LogP contribution in [0.4, 0.5) is 5.69 Å². The largest absolute Gasteiger partial charge is 0.377 e. The minimum absolute atomic E-state index is 0.0380. The molecule has 11 heteroatoms. The van der Waals surface area contributed by atoms with Gasteiger partial charge in [-0.05, 0) is 74.9 Å². The topological polar surface area (TPSA) is 113 Å². The molecule has 9 nitrogen and oxygen atoms in total. The molecule has 0 aliphatic carbocycles. The fourth-order valence-electron chi connectivity index (χ4n) is 4.98. The second-order valence-corrected chi connectivity index (χ2v) is 13.9. The molecule has 0 unspecified atom stereocenters. The van der Waals surface area contributed by atoms with Crippen LogP contribution in [0.1, 0.15) is 49.7 Å². The number of sulfonamides is 2. The highest BCUT2D eigenvalue weighted by Crippen LogP contribution is 2.25. The third-order valence-electron chi connectivity index (χ3n) is 7.16. The van der Waals surface area contributed by atoms with Crippen LogP contribution in [0.5, 0.6) is 0 Å². The number of carbonyl (C=O) groups excluding carboxylic acids is 1. The van der Waals surface area contributed by atoms with Crippen LogP contribution in [0.15, 0.2) is 52.3 Å². The minimum Gasteiger partial charge on any atom is -0.377 e. The van der Waals surface area contributed by atoms with E-state index in [9.17, 15) is 21.6 Å². The summed E-state index contributed by atoms with van der Waals surface area (Å²) in [5.41, 5.74) is 2.43. The summed E-state index contributed by atoms with van der Waals surface area (Å²) in [4.78, 5) is 13.0. The monoisotopic (exact) mass is 563 g/mol. The fourth-order valence-corrected chi connectivity index (χ4v) is 7.92. The lowest BCUT2D eigenvalue weighted by molar-refractivity contribution is -0.116. The normalized spacial score (nSPS) is 19.4. The summed E-state index contributed by atoms with van der Waals surface area (Å²) < 4.78 is 61.9. The SMILES string of the molecule is Cc1cccc(C)c1NC(=O)CN(C[C@@H]1CCCO1)S(=O)(=O)c1ccc(S(=O)(=O)N2CCCCCC2)cc1. The molecule has 2 aromatic rings. The first-order valence-corrected chi connectivity index (χ1v) is 16.0. The van der Waals surface area contributed by atoms with Crippen molar-refractivity contribution in [2.24, 2.45) is 0 Å². The van der Waals surface area contributed by atoms with E-state index in [1.165, 1.54) is 28.6 Å². The van der Waals surface area contributed by atoms with Crippen molar-refractivity contribution in [3.63, 3.8) is 0 Å². The number of aryl methyl sites for hydroxylation is 2. The number of ether oxygens (including phenoxy) is 1. The summed E-state index contributed by atoms with van der Waals surface area (Å²) in [7, 11) is -7.81. The number of benzene rings is 2. The van der Waals surface area contributed by atoms with E-state index in [0.717, 1.165) is 47.5 Å². The predicted octanol–water partition coefficient (Wildman–Crippen LogP) is 3.68. The van der Waals surface area contributed by atoms with Gasteiger partial charge in [-0.1, -0.05) is 31.0 Å². The molecule has 0 saturated carbocycles. The smallest absolute Gasteiger partial charge is 0.243 e. The molecule has 0 aromatic heterocycles. The fraction of sp³-hybridized carbons (Fsp3) is 0.519. The number of rotatable bonds is 9. The lowest BCUT2D eigenvalue weighted by Crippen LogP contribution is -2.42. The maximum atomic E-state index is 13.7. The third kappa shape index (κ3) is 6.63. The molecule has 0 spiro atoms. The van der Waals surface area contributed by atoms with E-state index in [0.29, 0.717) is 31.8 Å². The molecule has 208 valence electrons. The number of amides is 1. The number of para-hydroxylation sites is 1. The first-order chi connectivity index (χ1) is 18.1.